The van der Waals surface area contributed by atoms with Gasteiger partial charge in [0.2, 0.25) is 0 Å². The normalized spacial score (nSPS) is 12.8. The molecule has 2 aromatic carbocycles. The topological polar surface area (TPSA) is 69.7 Å². The first-order chi connectivity index (χ1) is 12.6. The molecule has 0 unspecified atom stereocenters. The van der Waals surface area contributed by atoms with Crippen LogP contribution in [0.2, 0.25) is 0 Å². The van der Waals surface area contributed by atoms with Crippen molar-refractivity contribution in [3.05, 3.63) is 41.5 Å². The summed E-state index contributed by atoms with van der Waals surface area (Å²) in [5, 5.41) is 3.32. The highest BCUT2D eigenvalue weighted by atomic mass is 32.1. The van der Waals surface area contributed by atoms with E-state index in [-0.39, 0.29) is 12.5 Å². The van der Waals surface area contributed by atoms with Gasteiger partial charge in [0.1, 0.15) is 19.0 Å². The van der Waals surface area contributed by atoms with Crippen molar-refractivity contribution >= 4 is 32.6 Å². The van der Waals surface area contributed by atoms with Crippen molar-refractivity contribution in [1.29, 1.82) is 0 Å². The molecule has 0 spiro atoms. The zero-order chi connectivity index (χ0) is 18.1. The Bertz CT molecular complexity index is 920. The first kappa shape index (κ1) is 16.7. The van der Waals surface area contributed by atoms with E-state index in [1.807, 2.05) is 44.2 Å². The third-order valence-corrected chi connectivity index (χ3v) is 4.99. The number of thiazole rings is 1. The average Bonchev–Trinajstić information content (AvgIpc) is 3.00. The molecule has 1 aliphatic heterocycles. The number of nitrogens with one attached hydrogen (secondary N) is 1. The fourth-order valence-corrected chi connectivity index (χ4v) is 3.73. The van der Waals surface area contributed by atoms with Crippen LogP contribution in [0.5, 0.6) is 17.2 Å². The van der Waals surface area contributed by atoms with Crippen molar-refractivity contribution < 1.29 is 19.0 Å². The van der Waals surface area contributed by atoms with Gasteiger partial charge in [-0.2, -0.15) is 0 Å². The molecule has 0 saturated carbocycles. The summed E-state index contributed by atoms with van der Waals surface area (Å²) in [5.41, 5.74) is 2.77. The zero-order valence-corrected chi connectivity index (χ0v) is 15.3. The highest BCUT2D eigenvalue weighted by Gasteiger charge is 2.16. The molecule has 0 fully saturated rings. The number of benzene rings is 2. The average molecular weight is 370 g/mol. The van der Waals surface area contributed by atoms with Crippen LogP contribution in [0.1, 0.15) is 11.1 Å². The molecule has 2 heterocycles. The van der Waals surface area contributed by atoms with Gasteiger partial charge in [-0.3, -0.25) is 10.1 Å². The molecule has 0 bridgehead atoms. The van der Waals surface area contributed by atoms with Gasteiger partial charge in [-0.25, -0.2) is 4.98 Å². The molecule has 7 heteroatoms. The first-order valence-electron chi connectivity index (χ1n) is 8.29. The van der Waals surface area contributed by atoms with E-state index >= 15 is 0 Å². The molecule has 0 radical (unpaired) electrons. The zero-order valence-electron chi connectivity index (χ0n) is 14.5. The largest absolute Gasteiger partial charge is 0.486 e. The lowest BCUT2D eigenvalue weighted by Crippen LogP contribution is -2.20. The number of fused-ring (bicyclic) bond motifs is 2. The Labute approximate surface area is 154 Å². The van der Waals surface area contributed by atoms with Crippen LogP contribution in [0, 0.1) is 13.8 Å². The summed E-state index contributed by atoms with van der Waals surface area (Å²) in [6.45, 7) is 4.92. The monoisotopic (exact) mass is 370 g/mol. The van der Waals surface area contributed by atoms with E-state index in [9.17, 15) is 4.79 Å². The van der Waals surface area contributed by atoms with Crippen LogP contribution in [-0.4, -0.2) is 30.7 Å². The minimum atomic E-state index is -0.246. The van der Waals surface area contributed by atoms with Crippen molar-refractivity contribution in [3.8, 4) is 17.2 Å². The Morgan fingerprint density at radius 2 is 1.88 bits per heavy atom. The van der Waals surface area contributed by atoms with Gasteiger partial charge in [0.05, 0.1) is 10.2 Å². The van der Waals surface area contributed by atoms with Crippen molar-refractivity contribution in [2.24, 2.45) is 0 Å². The summed E-state index contributed by atoms with van der Waals surface area (Å²) in [6, 6.07) is 9.61. The molecule has 1 aromatic heterocycles. The molecule has 6 nitrogen and oxygen atoms in total. The van der Waals surface area contributed by atoms with Gasteiger partial charge in [0.15, 0.2) is 23.2 Å². The van der Waals surface area contributed by atoms with E-state index in [0.717, 1.165) is 27.1 Å². The quantitative estimate of drug-likeness (QED) is 0.758. The lowest BCUT2D eigenvalue weighted by Gasteiger charge is -2.17. The predicted octanol–water partition coefficient (Wildman–Crippen LogP) is 3.70. The Hall–Kier alpha value is -2.80. The number of nitrogens with zero attached hydrogens (tertiary/aromatic N) is 1. The molecule has 3 aromatic rings. The summed E-state index contributed by atoms with van der Waals surface area (Å²) in [5.74, 6) is 1.90. The first-order valence-corrected chi connectivity index (χ1v) is 9.11. The molecule has 1 amide bonds. The minimum absolute atomic E-state index is 0.0651. The maximum Gasteiger partial charge on any atom is 0.264 e. The number of carbonyl (C=O) groups excluding carboxylic acids is 1. The van der Waals surface area contributed by atoms with Gasteiger partial charge < -0.3 is 14.2 Å². The second-order valence-electron chi connectivity index (χ2n) is 6.04. The lowest BCUT2D eigenvalue weighted by molar-refractivity contribution is -0.118. The van der Waals surface area contributed by atoms with Gasteiger partial charge in [-0.05, 0) is 25.0 Å². The van der Waals surface area contributed by atoms with Crippen LogP contribution in [0.4, 0.5) is 5.13 Å². The number of carbonyl (C=O) groups is 1. The van der Waals surface area contributed by atoms with Crippen molar-refractivity contribution in [2.75, 3.05) is 25.1 Å². The molecule has 26 heavy (non-hydrogen) atoms. The Morgan fingerprint density at radius 3 is 2.62 bits per heavy atom. The van der Waals surface area contributed by atoms with Gasteiger partial charge in [0.25, 0.3) is 5.91 Å². The molecule has 0 atom stereocenters. The smallest absolute Gasteiger partial charge is 0.264 e. The Kier molecular flexibility index (Phi) is 4.38. The maximum atomic E-state index is 12.2. The van der Waals surface area contributed by atoms with Crippen LogP contribution in [-0.2, 0) is 4.79 Å². The highest BCUT2D eigenvalue weighted by Crippen LogP contribution is 2.37. The fraction of sp³-hybridized carbons (Fsp3) is 0.263. The van der Waals surface area contributed by atoms with E-state index in [4.69, 9.17) is 14.2 Å². The molecule has 134 valence electrons. The Balaban J connectivity index is 1.46. The Morgan fingerprint density at radius 1 is 1.19 bits per heavy atom. The van der Waals surface area contributed by atoms with Gasteiger partial charge in [-0.15, -0.1) is 0 Å². The summed E-state index contributed by atoms with van der Waals surface area (Å²) in [4.78, 5) is 16.7. The number of ether oxygens (including phenoxy) is 3. The number of hydrogen-bond donors (Lipinski definition) is 1. The van der Waals surface area contributed by atoms with Crippen LogP contribution in [0.3, 0.4) is 0 Å². The van der Waals surface area contributed by atoms with E-state index < -0.39 is 0 Å². The van der Waals surface area contributed by atoms with E-state index in [1.54, 1.807) is 0 Å². The van der Waals surface area contributed by atoms with Crippen molar-refractivity contribution in [1.82, 2.24) is 4.98 Å². The van der Waals surface area contributed by atoms with Gasteiger partial charge >= 0.3 is 0 Å². The van der Waals surface area contributed by atoms with Crippen LogP contribution < -0.4 is 19.5 Å². The third-order valence-electron chi connectivity index (χ3n) is 4.06. The number of anilines is 1. The third kappa shape index (κ3) is 3.30. The molecule has 0 aliphatic carbocycles. The van der Waals surface area contributed by atoms with Gasteiger partial charge in [0, 0.05) is 12.1 Å². The maximum absolute atomic E-state index is 12.2. The number of aromatic nitrogens is 1. The van der Waals surface area contributed by atoms with E-state index in [2.05, 4.69) is 10.3 Å². The number of hydrogen-bond acceptors (Lipinski definition) is 6. The summed E-state index contributed by atoms with van der Waals surface area (Å²) in [7, 11) is 0. The molecule has 1 N–H and O–H groups in total. The molecule has 1 aliphatic rings. The lowest BCUT2D eigenvalue weighted by atomic mass is 10.1. The van der Waals surface area contributed by atoms with Crippen LogP contribution in [0.15, 0.2) is 30.3 Å². The van der Waals surface area contributed by atoms with E-state index in [1.165, 1.54) is 11.3 Å². The summed E-state index contributed by atoms with van der Waals surface area (Å²) >= 11 is 1.39. The molecule has 4 rings (SSSR count). The van der Waals surface area contributed by atoms with Crippen molar-refractivity contribution in [3.63, 3.8) is 0 Å². The predicted molar refractivity (Wildman–Crippen MR) is 101 cm³/mol. The number of rotatable bonds is 4. The number of aryl methyl sites for hydroxylation is 2. The molecular weight excluding hydrogens is 352 g/mol. The summed E-state index contributed by atoms with van der Waals surface area (Å²) < 4.78 is 17.8. The SMILES string of the molecule is Cc1cccc(C)c1OCC(=O)Nc1nc2cc3c(cc2s1)OCCO3. The van der Waals surface area contributed by atoms with Crippen LogP contribution >= 0.6 is 11.3 Å². The highest BCUT2D eigenvalue weighted by molar-refractivity contribution is 7.22. The number of amides is 1. The second-order valence-corrected chi connectivity index (χ2v) is 7.07. The molecule has 0 saturated heterocycles. The summed E-state index contributed by atoms with van der Waals surface area (Å²) in [6.07, 6.45) is 0. The number of para-hydroxylation sites is 1. The fourth-order valence-electron chi connectivity index (χ4n) is 2.84. The van der Waals surface area contributed by atoms with Crippen LogP contribution in [0.25, 0.3) is 10.2 Å². The minimum Gasteiger partial charge on any atom is -0.486 e. The standard InChI is InChI=1S/C19H18N2O4S/c1-11-4-3-5-12(2)18(11)25-10-17(22)21-19-20-13-8-14-15(9-16(13)26-19)24-7-6-23-14/h3-5,8-9H,6-7,10H2,1-2H3,(H,20,21,22). The molecular formula is C19H18N2O4S. The van der Waals surface area contributed by atoms with Gasteiger partial charge in [-0.1, -0.05) is 29.5 Å². The van der Waals surface area contributed by atoms with E-state index in [0.29, 0.717) is 29.8 Å². The van der Waals surface area contributed by atoms with Crippen molar-refractivity contribution in [2.45, 2.75) is 13.8 Å². The second kappa shape index (κ2) is 6.84.